The monoisotopic (exact) mass is 421 g/mol. The van der Waals surface area contributed by atoms with Gasteiger partial charge in [-0.1, -0.05) is 29.3 Å². The van der Waals surface area contributed by atoms with Crippen LogP contribution in [0.25, 0.3) is 0 Å². The molecule has 3 aromatic rings. The number of benzene rings is 1. The molecule has 0 unspecified atom stereocenters. The lowest BCUT2D eigenvalue weighted by Gasteiger charge is -2.16. The van der Waals surface area contributed by atoms with Crippen LogP contribution in [0.5, 0.6) is 5.75 Å². The minimum absolute atomic E-state index is 0.0846. The SMILES string of the molecule is Cc1nn(C)c(C)c1CN(C)C(=O)c1ccn(COc2c(Cl)cccc2Cl)n1. The summed E-state index contributed by atoms with van der Waals surface area (Å²) in [6, 6.07) is 6.78. The van der Waals surface area contributed by atoms with Crippen LogP contribution in [0.2, 0.25) is 10.0 Å². The zero-order chi connectivity index (χ0) is 20.4. The number of aryl methyl sites for hydroxylation is 2. The normalized spacial score (nSPS) is 10.9. The number of ether oxygens (including phenoxy) is 1. The minimum atomic E-state index is -0.183. The van der Waals surface area contributed by atoms with Gasteiger partial charge < -0.3 is 9.64 Å². The van der Waals surface area contributed by atoms with Crippen molar-refractivity contribution in [1.29, 1.82) is 0 Å². The maximum absolute atomic E-state index is 12.7. The fourth-order valence-electron chi connectivity index (χ4n) is 2.85. The molecule has 2 aromatic heterocycles. The molecule has 28 heavy (non-hydrogen) atoms. The molecular weight excluding hydrogens is 401 g/mol. The highest BCUT2D eigenvalue weighted by Gasteiger charge is 2.19. The maximum atomic E-state index is 12.7. The summed E-state index contributed by atoms with van der Waals surface area (Å²) in [6.07, 6.45) is 1.67. The number of amides is 1. The molecule has 0 aliphatic carbocycles. The molecule has 0 aliphatic rings. The van der Waals surface area contributed by atoms with Crippen LogP contribution >= 0.6 is 23.2 Å². The van der Waals surface area contributed by atoms with Crippen molar-refractivity contribution >= 4 is 29.1 Å². The van der Waals surface area contributed by atoms with Crippen LogP contribution in [-0.2, 0) is 20.3 Å². The number of carbonyl (C=O) groups excluding carboxylic acids is 1. The molecule has 9 heteroatoms. The first-order valence-corrected chi connectivity index (χ1v) is 9.38. The van der Waals surface area contributed by atoms with Gasteiger partial charge in [-0.25, -0.2) is 4.68 Å². The standard InChI is InChI=1S/C19H21Cl2N5O2/c1-12-14(13(2)25(4)22-12)10-24(3)19(27)17-8-9-26(23-17)11-28-18-15(20)6-5-7-16(18)21/h5-9H,10-11H2,1-4H3. The van der Waals surface area contributed by atoms with Gasteiger partial charge in [-0.05, 0) is 32.0 Å². The molecule has 0 saturated carbocycles. The average molecular weight is 422 g/mol. The van der Waals surface area contributed by atoms with Gasteiger partial charge in [0.1, 0.15) is 0 Å². The van der Waals surface area contributed by atoms with Gasteiger partial charge in [0.2, 0.25) is 0 Å². The third kappa shape index (κ3) is 4.15. The van der Waals surface area contributed by atoms with Crippen LogP contribution in [0, 0.1) is 13.8 Å². The third-order valence-corrected chi connectivity index (χ3v) is 5.12. The lowest BCUT2D eigenvalue weighted by molar-refractivity contribution is 0.0776. The third-order valence-electron chi connectivity index (χ3n) is 4.52. The summed E-state index contributed by atoms with van der Waals surface area (Å²) in [6.45, 7) is 4.47. The lowest BCUT2D eigenvalue weighted by atomic mass is 10.2. The van der Waals surface area contributed by atoms with Gasteiger partial charge in [0.05, 0.1) is 15.7 Å². The van der Waals surface area contributed by atoms with E-state index in [0.29, 0.717) is 28.0 Å². The molecule has 0 N–H and O–H groups in total. The van der Waals surface area contributed by atoms with Crippen LogP contribution in [0.4, 0.5) is 0 Å². The number of para-hydroxylation sites is 1. The van der Waals surface area contributed by atoms with Crippen molar-refractivity contribution in [3.63, 3.8) is 0 Å². The second kappa shape index (κ2) is 8.24. The molecule has 2 heterocycles. The van der Waals surface area contributed by atoms with E-state index >= 15 is 0 Å². The number of rotatable bonds is 6. The van der Waals surface area contributed by atoms with Crippen molar-refractivity contribution in [3.8, 4) is 5.75 Å². The smallest absolute Gasteiger partial charge is 0.274 e. The summed E-state index contributed by atoms with van der Waals surface area (Å²) >= 11 is 12.2. The Balaban J connectivity index is 1.66. The van der Waals surface area contributed by atoms with Gasteiger partial charge in [-0.2, -0.15) is 10.2 Å². The highest BCUT2D eigenvalue weighted by Crippen LogP contribution is 2.32. The molecule has 3 rings (SSSR count). The highest BCUT2D eigenvalue weighted by atomic mass is 35.5. The zero-order valence-electron chi connectivity index (χ0n) is 16.1. The van der Waals surface area contributed by atoms with Crippen molar-refractivity contribution in [2.45, 2.75) is 27.1 Å². The number of aromatic nitrogens is 4. The largest absolute Gasteiger partial charge is 0.468 e. The molecule has 0 atom stereocenters. The van der Waals surface area contributed by atoms with Crippen molar-refractivity contribution < 1.29 is 9.53 Å². The van der Waals surface area contributed by atoms with Crippen molar-refractivity contribution in [1.82, 2.24) is 24.5 Å². The highest BCUT2D eigenvalue weighted by molar-refractivity contribution is 6.37. The molecule has 7 nitrogen and oxygen atoms in total. The van der Waals surface area contributed by atoms with E-state index < -0.39 is 0 Å². The fourth-order valence-corrected chi connectivity index (χ4v) is 3.36. The van der Waals surface area contributed by atoms with Crippen LogP contribution in [-0.4, -0.2) is 37.4 Å². The summed E-state index contributed by atoms with van der Waals surface area (Å²) < 4.78 is 8.97. The molecule has 0 fully saturated rings. The van der Waals surface area contributed by atoms with E-state index in [1.807, 2.05) is 25.6 Å². The second-order valence-corrected chi connectivity index (χ2v) is 7.31. The van der Waals surface area contributed by atoms with Gasteiger partial charge in [0.25, 0.3) is 5.91 Å². The first-order chi connectivity index (χ1) is 13.3. The first-order valence-electron chi connectivity index (χ1n) is 8.62. The van der Waals surface area contributed by atoms with Crippen molar-refractivity contribution in [2.24, 2.45) is 7.05 Å². The quantitative estimate of drug-likeness (QED) is 0.606. The number of nitrogens with zero attached hydrogens (tertiary/aromatic N) is 5. The van der Waals surface area contributed by atoms with E-state index in [2.05, 4.69) is 10.2 Å². The van der Waals surface area contributed by atoms with Gasteiger partial charge >= 0.3 is 0 Å². The fraction of sp³-hybridized carbons (Fsp3) is 0.316. The van der Waals surface area contributed by atoms with Crippen LogP contribution in [0.15, 0.2) is 30.5 Å². The molecular formula is C19H21Cl2N5O2. The number of halogens is 2. The van der Waals surface area contributed by atoms with E-state index in [9.17, 15) is 4.79 Å². The molecule has 148 valence electrons. The number of carbonyl (C=O) groups is 1. The van der Waals surface area contributed by atoms with Crippen molar-refractivity contribution in [2.75, 3.05) is 7.05 Å². The Morgan fingerprint density at radius 1 is 1.18 bits per heavy atom. The second-order valence-electron chi connectivity index (χ2n) is 6.50. The van der Waals surface area contributed by atoms with Crippen LogP contribution < -0.4 is 4.74 Å². The topological polar surface area (TPSA) is 65.2 Å². The Hall–Kier alpha value is -2.51. The molecule has 0 bridgehead atoms. The van der Waals surface area contributed by atoms with E-state index in [0.717, 1.165) is 17.0 Å². The number of hydrogen-bond donors (Lipinski definition) is 0. The van der Waals surface area contributed by atoms with Crippen molar-refractivity contribution in [3.05, 3.63) is 63.2 Å². The summed E-state index contributed by atoms with van der Waals surface area (Å²) in [5.41, 5.74) is 3.31. The molecule has 0 saturated heterocycles. The molecule has 1 amide bonds. The van der Waals surface area contributed by atoms with E-state index in [1.54, 1.807) is 42.4 Å². The zero-order valence-corrected chi connectivity index (χ0v) is 17.6. The molecule has 0 aliphatic heterocycles. The predicted octanol–water partition coefficient (Wildman–Crippen LogP) is 3.85. The average Bonchev–Trinajstić information content (AvgIpc) is 3.21. The summed E-state index contributed by atoms with van der Waals surface area (Å²) in [4.78, 5) is 14.3. The van der Waals surface area contributed by atoms with E-state index in [-0.39, 0.29) is 12.6 Å². The van der Waals surface area contributed by atoms with Gasteiger partial charge in [0.15, 0.2) is 18.2 Å². The Kier molecular flexibility index (Phi) is 5.96. The minimum Gasteiger partial charge on any atom is -0.468 e. The first kappa shape index (κ1) is 20.2. The Morgan fingerprint density at radius 2 is 1.86 bits per heavy atom. The summed E-state index contributed by atoms with van der Waals surface area (Å²) in [5.74, 6) is 0.200. The summed E-state index contributed by atoms with van der Waals surface area (Å²) in [5, 5.41) is 9.51. The Labute approximate surface area is 173 Å². The molecule has 0 spiro atoms. The van der Waals surface area contributed by atoms with Crippen LogP contribution in [0.1, 0.15) is 27.4 Å². The van der Waals surface area contributed by atoms with Gasteiger partial charge in [0, 0.05) is 38.1 Å². The van der Waals surface area contributed by atoms with E-state index in [1.165, 1.54) is 4.68 Å². The Morgan fingerprint density at radius 3 is 2.46 bits per heavy atom. The Bertz CT molecular complexity index is 992. The predicted molar refractivity (Wildman–Crippen MR) is 108 cm³/mol. The molecule has 0 radical (unpaired) electrons. The van der Waals surface area contributed by atoms with Gasteiger partial charge in [-0.15, -0.1) is 0 Å². The summed E-state index contributed by atoms with van der Waals surface area (Å²) in [7, 11) is 3.63. The van der Waals surface area contributed by atoms with E-state index in [4.69, 9.17) is 27.9 Å². The lowest BCUT2D eigenvalue weighted by Crippen LogP contribution is -2.27. The van der Waals surface area contributed by atoms with Crippen LogP contribution in [0.3, 0.4) is 0 Å². The maximum Gasteiger partial charge on any atom is 0.274 e. The number of hydrogen-bond acceptors (Lipinski definition) is 4. The molecule has 1 aromatic carbocycles. The van der Waals surface area contributed by atoms with Gasteiger partial charge in [-0.3, -0.25) is 9.48 Å².